The first-order valence-corrected chi connectivity index (χ1v) is 43.4. The number of benzene rings is 16. The molecule has 16 aromatic carbocycles. The maximum absolute atomic E-state index is 2.53. The summed E-state index contributed by atoms with van der Waals surface area (Å²) in [7, 11) is 0. The zero-order valence-corrected chi connectivity index (χ0v) is 70.1. The average Bonchev–Trinajstić information content (AvgIpc) is 1.38. The van der Waals surface area contributed by atoms with E-state index in [9.17, 15) is 0 Å². The summed E-state index contributed by atoms with van der Waals surface area (Å²) in [5.41, 5.74) is 50.9. The molecular formula is C112H88B4N4. The van der Waals surface area contributed by atoms with Gasteiger partial charge in [0.25, 0.3) is 0 Å². The van der Waals surface area contributed by atoms with Crippen LogP contribution in [0.15, 0.2) is 315 Å². The minimum absolute atomic E-state index is 0.0132. The van der Waals surface area contributed by atoms with Crippen molar-refractivity contribution in [3.63, 3.8) is 0 Å². The van der Waals surface area contributed by atoms with E-state index in [1.54, 1.807) is 0 Å². The Labute approximate surface area is 702 Å². The van der Waals surface area contributed by atoms with E-state index in [0.717, 1.165) is 0 Å². The molecule has 568 valence electrons. The predicted octanol–water partition coefficient (Wildman–Crippen LogP) is 18.2. The van der Waals surface area contributed by atoms with Gasteiger partial charge in [-0.2, -0.15) is 0 Å². The molecule has 120 heavy (non-hydrogen) atoms. The number of hydrogen-bond donors (Lipinski definition) is 0. The highest BCUT2D eigenvalue weighted by atomic mass is 15.0. The Morgan fingerprint density at radius 1 is 0.192 bits per heavy atom. The van der Waals surface area contributed by atoms with Crippen LogP contribution in [0.25, 0.3) is 110 Å². The third-order valence-corrected chi connectivity index (χ3v) is 30.3. The van der Waals surface area contributed by atoms with Crippen LogP contribution in [-0.4, -0.2) is 45.1 Å². The second-order valence-electron chi connectivity index (χ2n) is 37.8. The van der Waals surface area contributed by atoms with Gasteiger partial charge < -0.3 is 18.3 Å². The van der Waals surface area contributed by atoms with Gasteiger partial charge in [-0.15, -0.1) is 0 Å². The summed E-state index contributed by atoms with van der Waals surface area (Å²) in [5.74, 6) is 0. The summed E-state index contributed by atoms with van der Waals surface area (Å²) in [6.07, 6.45) is 0. The molecule has 4 nitrogen and oxygen atoms in total. The lowest BCUT2D eigenvalue weighted by Gasteiger charge is -2.42. The second-order valence-corrected chi connectivity index (χ2v) is 37.8. The lowest BCUT2D eigenvalue weighted by atomic mass is 9.30. The number of aromatic nitrogens is 4. The highest BCUT2D eigenvalue weighted by molar-refractivity contribution is 7.01. The number of fused-ring (bicyclic) bond motifs is 28. The molecule has 8 heteroatoms. The van der Waals surface area contributed by atoms with Crippen LogP contribution in [0.2, 0.25) is 0 Å². The highest BCUT2D eigenvalue weighted by Gasteiger charge is 2.50. The fraction of sp³-hybridized carbons (Fsp3) is 0.143. The van der Waals surface area contributed by atoms with Crippen molar-refractivity contribution in [2.45, 2.75) is 105 Å². The molecule has 0 saturated heterocycles. The topological polar surface area (TPSA) is 19.7 Å². The van der Waals surface area contributed by atoms with Gasteiger partial charge in [0.2, 0.25) is 26.9 Å². The van der Waals surface area contributed by atoms with E-state index in [0.29, 0.717) is 26.9 Å². The van der Waals surface area contributed by atoms with Crippen LogP contribution >= 0.6 is 0 Å². The Bertz CT molecular complexity index is 7990. The quantitative estimate of drug-likeness (QED) is 0.135. The van der Waals surface area contributed by atoms with Crippen LogP contribution in [0.1, 0.15) is 122 Å². The van der Waals surface area contributed by atoms with Gasteiger partial charge in [0.05, 0.1) is 22.1 Å². The van der Waals surface area contributed by atoms with Gasteiger partial charge in [0, 0.05) is 110 Å². The van der Waals surface area contributed by atoms with E-state index in [2.05, 4.69) is 417 Å². The van der Waals surface area contributed by atoms with Gasteiger partial charge in [-0.3, -0.25) is 0 Å². The summed E-state index contributed by atoms with van der Waals surface area (Å²) in [6, 6.07) is 119. The number of para-hydroxylation sites is 7. The predicted molar refractivity (Wildman–Crippen MR) is 515 cm³/mol. The first-order valence-electron chi connectivity index (χ1n) is 43.4. The van der Waals surface area contributed by atoms with Crippen molar-refractivity contribution in [1.82, 2.24) is 18.3 Å². The number of nitrogens with zero attached hydrogens (tertiary/aromatic N) is 4. The maximum atomic E-state index is 2.53. The first-order chi connectivity index (χ1) is 58.3. The maximum Gasteiger partial charge on any atom is 0.247 e. The summed E-state index contributed by atoms with van der Waals surface area (Å²) in [6.45, 7) is 29.3. The monoisotopic (exact) mass is 1530 g/mol. The summed E-state index contributed by atoms with van der Waals surface area (Å²) in [5, 5.41) is 10.8. The molecule has 0 aliphatic carbocycles. The molecule has 8 aliphatic heterocycles. The smallest absolute Gasteiger partial charge is 0.247 e. The fourth-order valence-electron chi connectivity index (χ4n) is 25.1. The second kappa shape index (κ2) is 24.4. The van der Waals surface area contributed by atoms with E-state index < -0.39 is 0 Å². The Morgan fingerprint density at radius 2 is 0.492 bits per heavy atom. The summed E-state index contributed by atoms with van der Waals surface area (Å²) in [4.78, 5) is 0. The Balaban J connectivity index is 0.0000000886. The largest absolute Gasteiger partial charge is 0.310 e. The van der Waals surface area contributed by atoms with Gasteiger partial charge in [-0.25, -0.2) is 0 Å². The molecule has 0 N–H and O–H groups in total. The van der Waals surface area contributed by atoms with Gasteiger partial charge in [0.15, 0.2) is 0 Å². The molecule has 0 amide bonds. The van der Waals surface area contributed by atoms with Crippen molar-refractivity contribution in [2.75, 3.05) is 0 Å². The van der Waals surface area contributed by atoms with E-state index in [1.165, 1.54) is 242 Å². The van der Waals surface area contributed by atoms with Crippen molar-refractivity contribution < 1.29 is 0 Å². The molecule has 0 atom stereocenters. The van der Waals surface area contributed by atoms with Crippen LogP contribution in [0.3, 0.4) is 0 Å². The molecular weight excluding hydrogens is 1440 g/mol. The summed E-state index contributed by atoms with van der Waals surface area (Å²) < 4.78 is 10.1. The Kier molecular flexibility index (Phi) is 14.2. The summed E-state index contributed by atoms with van der Waals surface area (Å²) >= 11 is 0. The molecule has 4 aromatic heterocycles. The Hall–Kier alpha value is -13.0. The number of rotatable bonds is 0. The van der Waals surface area contributed by atoms with E-state index in [1.807, 2.05) is 0 Å². The normalized spacial score (nSPS) is 15.4. The molecule has 28 rings (SSSR count). The van der Waals surface area contributed by atoms with E-state index in [4.69, 9.17) is 0 Å². The molecule has 20 aromatic rings. The first kappa shape index (κ1) is 70.0. The zero-order valence-electron chi connectivity index (χ0n) is 70.1. The van der Waals surface area contributed by atoms with Crippen LogP contribution in [0.5, 0.6) is 0 Å². The van der Waals surface area contributed by atoms with E-state index >= 15 is 0 Å². The van der Waals surface area contributed by atoms with Crippen molar-refractivity contribution in [2.24, 2.45) is 0 Å². The van der Waals surface area contributed by atoms with Crippen LogP contribution in [-0.2, 0) is 21.7 Å². The molecule has 0 unspecified atom stereocenters. The third-order valence-electron chi connectivity index (χ3n) is 30.3. The standard InChI is InChI=1S/4C28H22BN/c1-17-15-16-19-18-9-4-7-13-23(18)30-24-14-8-11-21-26(24)29(25(17)27(19)30)22-12-6-5-10-20(22)28(21,2)3;1-17-9-6-12-20-25(17)29-22-14-7-11-19-18-10-4-5-15-23(18)30(27(19)22)24-16-8-13-21(26(24)29)28(20,2)3;1-17-14-15-20-23(16-17)29-22-11-6-9-19-18-8-4-5-12-24(18)30(27(19)22)25-13-7-10-21(26(25)29)28(20,2)3;1-17-14-15-22-21(16-17)28(2,3)20-10-7-13-25-26(20)29(22)23-11-6-9-19-18-8-4-5-12-24(18)30(25)27(19)23/h4*4-16H,1-3H3. The molecule has 8 aliphatic rings. The lowest BCUT2D eigenvalue weighted by molar-refractivity contribution is 0.644. The molecule has 0 bridgehead atoms. The molecule has 0 spiro atoms. The number of aryl methyl sites for hydroxylation is 4. The lowest BCUT2D eigenvalue weighted by Crippen LogP contribution is -2.64. The SMILES string of the molecule is Cc1ccc2c(c1)B1c3c(cccc3C2(C)C)-n2c3ccccc3c3cccc1c32.Cc1ccc2c(c1)C(C)(C)c1cccc3c1B2c1cccc2c4ccccc4n-3c12.Cc1ccc2c3ccccc3n3c2c1B1c2ccccc2C(C)(C)c2cccc-3c21.Cc1cccc2c1B1c3c(cccc3C2(C)C)-n2c3ccccc3c3cccc1c32. The van der Waals surface area contributed by atoms with Crippen molar-refractivity contribution in [3.05, 3.63) is 382 Å². The zero-order chi connectivity index (χ0) is 80.8. The van der Waals surface area contributed by atoms with Gasteiger partial charge in [-0.05, 0) is 164 Å². The Morgan fingerprint density at radius 3 is 0.975 bits per heavy atom. The van der Waals surface area contributed by atoms with Crippen molar-refractivity contribution in [1.29, 1.82) is 0 Å². The van der Waals surface area contributed by atoms with Crippen molar-refractivity contribution >= 4 is 180 Å². The molecule has 0 radical (unpaired) electrons. The van der Waals surface area contributed by atoms with Gasteiger partial charge in [0.1, 0.15) is 0 Å². The number of hydrogen-bond acceptors (Lipinski definition) is 0. The van der Waals surface area contributed by atoms with Crippen LogP contribution in [0.4, 0.5) is 0 Å². The molecule has 12 heterocycles. The fourth-order valence-corrected chi connectivity index (χ4v) is 25.1. The minimum Gasteiger partial charge on any atom is -0.310 e. The van der Waals surface area contributed by atoms with Crippen LogP contribution < -0.4 is 65.6 Å². The highest BCUT2D eigenvalue weighted by Crippen LogP contribution is 2.46. The van der Waals surface area contributed by atoms with Gasteiger partial charge in [-0.1, -0.05) is 366 Å². The molecule has 0 fully saturated rings. The minimum atomic E-state index is -0.0163. The van der Waals surface area contributed by atoms with Crippen LogP contribution in [0, 0.1) is 27.7 Å². The third kappa shape index (κ3) is 8.91. The van der Waals surface area contributed by atoms with E-state index in [-0.39, 0.29) is 21.7 Å². The molecule has 0 saturated carbocycles. The average molecular weight is 1530 g/mol. The van der Waals surface area contributed by atoms with Gasteiger partial charge >= 0.3 is 0 Å². The van der Waals surface area contributed by atoms with Crippen molar-refractivity contribution in [3.8, 4) is 22.7 Å².